The molecule has 0 unspecified atom stereocenters. The van der Waals surface area contributed by atoms with Crippen molar-refractivity contribution >= 4 is 44.8 Å². The van der Waals surface area contributed by atoms with Crippen molar-refractivity contribution in [1.82, 2.24) is 4.31 Å². The Morgan fingerprint density at radius 3 is 2.38 bits per heavy atom. The summed E-state index contributed by atoms with van der Waals surface area (Å²) < 4.78 is 60.6. The number of benzene rings is 2. The van der Waals surface area contributed by atoms with Crippen LogP contribution in [0.15, 0.2) is 35.2 Å². The Balaban J connectivity index is 2.51. The zero-order valence-electron chi connectivity index (χ0n) is 15.4. The third-order valence-electron chi connectivity index (χ3n) is 3.66. The van der Waals surface area contributed by atoms with Crippen molar-refractivity contribution in [3.63, 3.8) is 0 Å². The van der Waals surface area contributed by atoms with Gasteiger partial charge in [0.1, 0.15) is 5.75 Å². The minimum Gasteiger partial charge on any atom is -0.495 e. The number of methoxy groups -OCH3 is 1. The molecule has 0 aliphatic heterocycles. The molecule has 0 radical (unpaired) electrons. The molecule has 29 heavy (non-hydrogen) atoms. The first-order chi connectivity index (χ1) is 13.5. The van der Waals surface area contributed by atoms with Gasteiger partial charge in [-0.3, -0.25) is 4.79 Å². The van der Waals surface area contributed by atoms with Crippen LogP contribution in [0.25, 0.3) is 0 Å². The number of nitrogens with zero attached hydrogens (tertiary/aromatic N) is 1. The van der Waals surface area contributed by atoms with Crippen LogP contribution in [-0.4, -0.2) is 46.4 Å². The van der Waals surface area contributed by atoms with Crippen LogP contribution < -0.4 is 14.8 Å². The molecule has 0 aliphatic carbocycles. The van der Waals surface area contributed by atoms with Gasteiger partial charge in [0.2, 0.25) is 10.0 Å². The van der Waals surface area contributed by atoms with Crippen molar-refractivity contribution in [2.75, 3.05) is 26.5 Å². The smallest absolute Gasteiger partial charge is 0.387 e. The van der Waals surface area contributed by atoms with Gasteiger partial charge in [0.05, 0.1) is 28.3 Å². The Morgan fingerprint density at radius 1 is 1.17 bits per heavy atom. The molecule has 0 atom stereocenters. The highest BCUT2D eigenvalue weighted by Gasteiger charge is 2.23. The monoisotopic (exact) mass is 468 g/mol. The van der Waals surface area contributed by atoms with E-state index in [0.29, 0.717) is 0 Å². The molecule has 158 valence electrons. The quantitative estimate of drug-likeness (QED) is 0.660. The fourth-order valence-electron chi connectivity index (χ4n) is 2.28. The predicted molar refractivity (Wildman–Crippen MR) is 105 cm³/mol. The molecule has 1 amide bonds. The lowest BCUT2D eigenvalue weighted by molar-refractivity contribution is -0.0500. The number of carbonyl (C=O) groups excluding carboxylic acids is 1. The summed E-state index contributed by atoms with van der Waals surface area (Å²) in [5, 5.41) is 2.13. The maximum Gasteiger partial charge on any atom is 0.387 e. The van der Waals surface area contributed by atoms with Crippen molar-refractivity contribution < 1.29 is 31.5 Å². The van der Waals surface area contributed by atoms with Crippen LogP contribution >= 0.6 is 23.2 Å². The van der Waals surface area contributed by atoms with Crippen molar-refractivity contribution in [2.45, 2.75) is 11.5 Å². The van der Waals surface area contributed by atoms with Crippen molar-refractivity contribution in [1.29, 1.82) is 0 Å². The average molecular weight is 469 g/mol. The van der Waals surface area contributed by atoms with Crippen molar-refractivity contribution in [3.8, 4) is 11.5 Å². The molecule has 2 rings (SSSR count). The van der Waals surface area contributed by atoms with Gasteiger partial charge in [-0.1, -0.05) is 23.2 Å². The highest BCUT2D eigenvalue weighted by molar-refractivity contribution is 7.89. The second-order valence-electron chi connectivity index (χ2n) is 5.75. The number of amides is 1. The summed E-state index contributed by atoms with van der Waals surface area (Å²) in [4.78, 5) is 12.6. The maximum atomic E-state index is 12.7. The number of ether oxygens (including phenoxy) is 2. The molecule has 0 heterocycles. The maximum absolute atomic E-state index is 12.7. The number of hydrogen-bond donors (Lipinski definition) is 1. The largest absolute Gasteiger partial charge is 0.495 e. The van der Waals surface area contributed by atoms with Gasteiger partial charge in [0.25, 0.3) is 5.91 Å². The van der Waals surface area contributed by atoms with E-state index in [9.17, 15) is 22.0 Å². The van der Waals surface area contributed by atoms with E-state index in [1.807, 2.05) is 0 Å². The summed E-state index contributed by atoms with van der Waals surface area (Å²) in [7, 11) is 0.204. The van der Waals surface area contributed by atoms with Gasteiger partial charge < -0.3 is 14.8 Å². The van der Waals surface area contributed by atoms with Crippen molar-refractivity contribution in [2.24, 2.45) is 0 Å². The number of anilines is 1. The van der Waals surface area contributed by atoms with Gasteiger partial charge >= 0.3 is 6.61 Å². The molecule has 0 aliphatic rings. The summed E-state index contributed by atoms with van der Waals surface area (Å²) in [6, 6.07) is 6.04. The molecule has 2 aromatic rings. The Kier molecular flexibility index (Phi) is 7.28. The fraction of sp³-hybridized carbons (Fsp3) is 0.235. The number of hydrogen-bond acceptors (Lipinski definition) is 5. The third kappa shape index (κ3) is 5.27. The lowest BCUT2D eigenvalue weighted by Crippen LogP contribution is -2.22. The second-order valence-corrected chi connectivity index (χ2v) is 8.74. The zero-order valence-corrected chi connectivity index (χ0v) is 17.7. The SMILES string of the molecule is COc1ccc(S(=O)(=O)N(C)C)cc1NC(=O)c1cc(Cl)cc(Cl)c1OC(F)F. The summed E-state index contributed by atoms with van der Waals surface area (Å²) in [5.41, 5.74) is -0.384. The normalized spacial score (nSPS) is 11.6. The van der Waals surface area contributed by atoms with Gasteiger partial charge in [0.15, 0.2) is 5.75 Å². The van der Waals surface area contributed by atoms with Gasteiger partial charge in [-0.25, -0.2) is 12.7 Å². The first-order valence-electron chi connectivity index (χ1n) is 7.83. The van der Waals surface area contributed by atoms with Gasteiger partial charge in [0, 0.05) is 19.1 Å². The molecule has 7 nitrogen and oxygen atoms in total. The van der Waals surface area contributed by atoms with E-state index in [1.54, 1.807) is 0 Å². The molecule has 0 saturated heterocycles. The van der Waals surface area contributed by atoms with Crippen LogP contribution in [0.5, 0.6) is 11.5 Å². The molecule has 2 aromatic carbocycles. The van der Waals surface area contributed by atoms with E-state index in [2.05, 4.69) is 10.1 Å². The first kappa shape index (κ1) is 23.1. The minimum atomic E-state index is -3.80. The minimum absolute atomic E-state index is 0.0117. The van der Waals surface area contributed by atoms with Gasteiger partial charge in [-0.15, -0.1) is 0 Å². The first-order valence-corrected chi connectivity index (χ1v) is 10.0. The Hall–Kier alpha value is -2.14. The number of nitrogens with one attached hydrogen (secondary N) is 1. The molecule has 0 fully saturated rings. The lowest BCUT2D eigenvalue weighted by Gasteiger charge is -2.16. The number of sulfonamides is 1. The Morgan fingerprint density at radius 2 is 1.83 bits per heavy atom. The van der Waals surface area contributed by atoms with E-state index < -0.39 is 28.3 Å². The molecule has 0 aromatic heterocycles. The van der Waals surface area contributed by atoms with E-state index in [1.165, 1.54) is 39.4 Å². The molecule has 0 spiro atoms. The molecule has 0 saturated carbocycles. The summed E-state index contributed by atoms with van der Waals surface area (Å²) in [6.45, 7) is -3.23. The summed E-state index contributed by atoms with van der Waals surface area (Å²) >= 11 is 11.7. The molecular weight excluding hydrogens is 453 g/mol. The van der Waals surface area contributed by atoms with Crippen LogP contribution in [-0.2, 0) is 10.0 Å². The predicted octanol–water partition coefficient (Wildman–Crippen LogP) is 4.11. The highest BCUT2D eigenvalue weighted by Crippen LogP contribution is 2.35. The average Bonchev–Trinajstić information content (AvgIpc) is 2.63. The number of rotatable bonds is 7. The third-order valence-corrected chi connectivity index (χ3v) is 5.97. The second kappa shape index (κ2) is 9.12. The van der Waals surface area contributed by atoms with Crippen LogP contribution in [0.2, 0.25) is 10.0 Å². The van der Waals surface area contributed by atoms with Crippen LogP contribution in [0.1, 0.15) is 10.4 Å². The van der Waals surface area contributed by atoms with Crippen molar-refractivity contribution in [3.05, 3.63) is 45.9 Å². The lowest BCUT2D eigenvalue weighted by atomic mass is 10.1. The number of carbonyl (C=O) groups is 1. The standard InChI is InChI=1S/C17H16Cl2F2N2O5S/c1-23(2)29(25,26)10-4-5-14(27-3)13(8-10)22-16(24)11-6-9(18)7-12(19)15(11)28-17(20)21/h4-8,17H,1-3H3,(H,22,24). The van der Waals surface area contributed by atoms with Crippen LogP contribution in [0.4, 0.5) is 14.5 Å². The number of halogens is 4. The summed E-state index contributed by atoms with van der Waals surface area (Å²) in [5.74, 6) is -1.34. The molecule has 1 N–H and O–H groups in total. The molecule has 12 heteroatoms. The van der Waals surface area contributed by atoms with Gasteiger partial charge in [-0.05, 0) is 30.3 Å². The summed E-state index contributed by atoms with van der Waals surface area (Å²) in [6.07, 6.45) is 0. The topological polar surface area (TPSA) is 84.9 Å². The van der Waals surface area contributed by atoms with E-state index in [4.69, 9.17) is 27.9 Å². The fourth-order valence-corrected chi connectivity index (χ4v) is 3.75. The highest BCUT2D eigenvalue weighted by atomic mass is 35.5. The molecule has 0 bridgehead atoms. The van der Waals surface area contributed by atoms with Crippen LogP contribution in [0, 0.1) is 0 Å². The van der Waals surface area contributed by atoms with E-state index >= 15 is 0 Å². The van der Waals surface area contributed by atoms with E-state index in [-0.39, 0.29) is 31.9 Å². The Bertz CT molecular complexity index is 1030. The molecular formula is C17H16Cl2F2N2O5S. The van der Waals surface area contributed by atoms with Gasteiger partial charge in [-0.2, -0.15) is 8.78 Å². The zero-order chi connectivity index (χ0) is 21.9. The van der Waals surface area contributed by atoms with Crippen LogP contribution in [0.3, 0.4) is 0 Å². The number of alkyl halides is 2. The Labute approximate surface area is 176 Å². The van der Waals surface area contributed by atoms with E-state index in [0.717, 1.165) is 16.4 Å².